The van der Waals surface area contributed by atoms with Gasteiger partial charge in [-0.2, -0.15) is 13.2 Å². The van der Waals surface area contributed by atoms with Gasteiger partial charge in [0, 0.05) is 22.7 Å². The Balaban J connectivity index is 1.94. The van der Waals surface area contributed by atoms with Gasteiger partial charge in [-0.25, -0.2) is 14.3 Å². The molecule has 0 aliphatic carbocycles. The van der Waals surface area contributed by atoms with Crippen molar-refractivity contribution >= 4 is 46.8 Å². The number of alkyl halides is 3. The van der Waals surface area contributed by atoms with Crippen LogP contribution in [0.25, 0.3) is 11.4 Å². The molecule has 3 aromatic rings. The van der Waals surface area contributed by atoms with E-state index in [0.29, 0.717) is 19.8 Å². The Morgan fingerprint density at radius 1 is 1.07 bits per heavy atom. The molecule has 1 heterocycles. The second kappa shape index (κ2) is 12.9. The van der Waals surface area contributed by atoms with Crippen molar-refractivity contribution in [1.82, 2.24) is 24.6 Å². The number of aliphatic hydroxyl groups is 1. The van der Waals surface area contributed by atoms with E-state index in [1.165, 1.54) is 30.3 Å². The van der Waals surface area contributed by atoms with Crippen LogP contribution in [0.5, 0.6) is 0 Å². The van der Waals surface area contributed by atoms with Gasteiger partial charge in [-0.05, 0) is 56.7 Å². The predicted octanol–water partition coefficient (Wildman–Crippen LogP) is 5.23. The minimum Gasteiger partial charge on any atom is -0.465 e. The molecule has 3 rings (SSSR count). The van der Waals surface area contributed by atoms with Gasteiger partial charge in [-0.3, -0.25) is 14.3 Å². The molecule has 1 unspecified atom stereocenters. The number of carboxylic acid groups (broad SMARTS) is 1. The highest BCUT2D eigenvalue weighted by Gasteiger charge is 2.40. The van der Waals surface area contributed by atoms with Gasteiger partial charge in [0.1, 0.15) is 6.54 Å². The lowest BCUT2D eigenvalue weighted by atomic mass is 9.98. The second-order valence-electron chi connectivity index (χ2n) is 10.2. The molecule has 0 bridgehead atoms. The summed E-state index contributed by atoms with van der Waals surface area (Å²) < 4.78 is 40.6. The van der Waals surface area contributed by atoms with Crippen molar-refractivity contribution in [1.29, 1.82) is 0 Å². The zero-order chi connectivity index (χ0) is 31.6. The average Bonchev–Trinajstić information content (AvgIpc) is 3.17. The first-order valence-electron chi connectivity index (χ1n) is 12.3. The number of rotatable bonds is 9. The molecule has 0 radical (unpaired) electrons. The second-order valence-corrected chi connectivity index (χ2v) is 11.4. The molecule has 42 heavy (non-hydrogen) atoms. The molecule has 2 atom stereocenters. The predicted molar refractivity (Wildman–Crippen MR) is 151 cm³/mol. The zero-order valence-electron chi connectivity index (χ0n) is 22.5. The summed E-state index contributed by atoms with van der Waals surface area (Å²) in [6.07, 6.45) is -9.20. The van der Waals surface area contributed by atoms with Crippen molar-refractivity contribution in [2.45, 2.75) is 57.7 Å². The van der Waals surface area contributed by atoms with Gasteiger partial charge in [-0.1, -0.05) is 46.9 Å². The number of benzene rings is 2. The first-order chi connectivity index (χ1) is 19.4. The van der Waals surface area contributed by atoms with Crippen molar-refractivity contribution in [2.24, 2.45) is 0 Å². The van der Waals surface area contributed by atoms with Crippen LogP contribution in [0.3, 0.4) is 0 Å². The largest absolute Gasteiger partial charge is 0.465 e. The van der Waals surface area contributed by atoms with Crippen molar-refractivity contribution in [3.8, 4) is 11.4 Å². The third-order valence-electron chi connectivity index (χ3n) is 6.13. The number of nitrogens with one attached hydrogen (secondary N) is 1. The minimum atomic E-state index is -5.02. The fourth-order valence-electron chi connectivity index (χ4n) is 4.21. The van der Waals surface area contributed by atoms with Crippen molar-refractivity contribution in [2.75, 3.05) is 6.54 Å². The summed E-state index contributed by atoms with van der Waals surface area (Å²) >= 11 is 18.4. The number of nitrogens with zero attached hydrogens (tertiary/aromatic N) is 4. The monoisotopic (exact) mass is 651 g/mol. The molecule has 0 aliphatic heterocycles. The number of halogens is 6. The molecule has 1 aromatic heterocycles. The van der Waals surface area contributed by atoms with E-state index in [1.54, 1.807) is 32.9 Å². The van der Waals surface area contributed by atoms with Gasteiger partial charge in [0.2, 0.25) is 5.91 Å². The Morgan fingerprint density at radius 2 is 1.69 bits per heavy atom. The van der Waals surface area contributed by atoms with E-state index in [4.69, 9.17) is 34.8 Å². The van der Waals surface area contributed by atoms with E-state index in [1.807, 2.05) is 0 Å². The maximum absolute atomic E-state index is 13.1. The van der Waals surface area contributed by atoms with Crippen LogP contribution >= 0.6 is 34.8 Å². The first kappa shape index (κ1) is 33.2. The van der Waals surface area contributed by atoms with Crippen molar-refractivity contribution < 1.29 is 33.0 Å². The summed E-state index contributed by atoms with van der Waals surface area (Å²) in [5.74, 6) is -1.04. The normalized spacial score (nSPS) is 13.5. The summed E-state index contributed by atoms with van der Waals surface area (Å²) in [6.45, 7) is 2.75. The lowest BCUT2D eigenvalue weighted by molar-refractivity contribution is -0.207. The van der Waals surface area contributed by atoms with E-state index in [-0.39, 0.29) is 28.0 Å². The number of hydrogen-bond acceptors (Lipinski definition) is 5. The molecule has 0 saturated carbocycles. The molecule has 0 spiro atoms. The summed E-state index contributed by atoms with van der Waals surface area (Å²) in [5, 5.41) is 26.8. The molecule has 2 amide bonds. The van der Waals surface area contributed by atoms with E-state index < -0.39 is 54.6 Å². The third kappa shape index (κ3) is 7.77. The maximum Gasteiger partial charge on any atom is 0.416 e. The Bertz CT molecular complexity index is 1500. The lowest BCUT2D eigenvalue weighted by Gasteiger charge is -2.40. The van der Waals surface area contributed by atoms with Crippen LogP contribution in [0.15, 0.2) is 47.3 Å². The highest BCUT2D eigenvalue weighted by atomic mass is 35.5. The smallest absolute Gasteiger partial charge is 0.416 e. The third-order valence-corrected chi connectivity index (χ3v) is 7.21. The molecule has 228 valence electrons. The highest BCUT2D eigenvalue weighted by molar-refractivity contribution is 6.42. The van der Waals surface area contributed by atoms with E-state index in [2.05, 4.69) is 10.4 Å². The highest BCUT2D eigenvalue weighted by Crippen LogP contribution is 2.36. The summed E-state index contributed by atoms with van der Waals surface area (Å²) in [7, 11) is 0. The Labute approximate surface area is 253 Å². The number of aromatic nitrogens is 3. The van der Waals surface area contributed by atoms with Crippen LogP contribution in [0.2, 0.25) is 15.1 Å². The van der Waals surface area contributed by atoms with Crippen LogP contribution in [-0.2, 0) is 17.9 Å². The summed E-state index contributed by atoms with van der Waals surface area (Å²) in [4.78, 5) is 39.4. The summed E-state index contributed by atoms with van der Waals surface area (Å²) in [5.41, 5.74) is -1.51. The molecule has 10 nitrogen and oxygen atoms in total. The standard InChI is InChI=1S/C26H27Cl3F3N5O5/c1-25(2,3)37(24(41)42)18(16-5-4-6-17(28)21(16)29)11-33-20(39)13-36-23(40)35(12-19(38)26(30,31)32)22(34-36)14-7-9-15(27)10-8-14/h4-10,18-19,38H,11-13H2,1-3H3,(H,33,39)(H,41,42)/t18?,19-/m0/s1. The maximum atomic E-state index is 13.1. The average molecular weight is 653 g/mol. The SMILES string of the molecule is CC(C)(C)N(C(=O)O)C(CNC(=O)Cn1nc(-c2ccc(Cl)cc2)n(C[C@H](O)C(F)(F)F)c1=O)c1cccc(Cl)c1Cl. The molecular weight excluding hydrogens is 626 g/mol. The van der Waals surface area contributed by atoms with Crippen LogP contribution in [0.1, 0.15) is 32.4 Å². The number of amides is 2. The van der Waals surface area contributed by atoms with E-state index in [0.717, 1.165) is 4.90 Å². The minimum absolute atomic E-state index is 0.0831. The molecule has 0 saturated heterocycles. The van der Waals surface area contributed by atoms with Crippen LogP contribution in [0, 0.1) is 0 Å². The van der Waals surface area contributed by atoms with Crippen LogP contribution < -0.4 is 11.0 Å². The number of carbonyl (C=O) groups excluding carboxylic acids is 1. The Hall–Kier alpha value is -3.26. The molecule has 0 fully saturated rings. The van der Waals surface area contributed by atoms with E-state index >= 15 is 0 Å². The lowest BCUT2D eigenvalue weighted by Crippen LogP contribution is -2.50. The van der Waals surface area contributed by atoms with Gasteiger partial charge in [-0.15, -0.1) is 5.10 Å². The fraction of sp³-hybridized carbons (Fsp3) is 0.385. The first-order valence-corrected chi connectivity index (χ1v) is 13.5. The molecule has 0 aliphatic rings. The quantitative estimate of drug-likeness (QED) is 0.290. The van der Waals surface area contributed by atoms with Gasteiger partial charge < -0.3 is 15.5 Å². The van der Waals surface area contributed by atoms with Gasteiger partial charge in [0.15, 0.2) is 11.9 Å². The van der Waals surface area contributed by atoms with Gasteiger partial charge >= 0.3 is 18.0 Å². The van der Waals surface area contributed by atoms with E-state index in [9.17, 15) is 37.8 Å². The Kier molecular flexibility index (Phi) is 10.2. The topological polar surface area (TPSA) is 130 Å². The summed E-state index contributed by atoms with van der Waals surface area (Å²) in [6, 6.07) is 9.32. The molecule has 16 heteroatoms. The van der Waals surface area contributed by atoms with Crippen molar-refractivity contribution in [3.63, 3.8) is 0 Å². The van der Waals surface area contributed by atoms with Crippen molar-refractivity contribution in [3.05, 3.63) is 73.6 Å². The molecule has 3 N–H and O–H groups in total. The van der Waals surface area contributed by atoms with Gasteiger partial charge in [0.25, 0.3) is 0 Å². The zero-order valence-corrected chi connectivity index (χ0v) is 24.8. The number of hydrogen-bond donors (Lipinski definition) is 3. The fourth-order valence-corrected chi connectivity index (χ4v) is 4.77. The number of carbonyl (C=O) groups is 2. The number of aliphatic hydroxyl groups excluding tert-OH is 1. The van der Waals surface area contributed by atoms with Crippen LogP contribution in [0.4, 0.5) is 18.0 Å². The molecular formula is C26H27Cl3F3N5O5. The van der Waals surface area contributed by atoms with Crippen LogP contribution in [-0.4, -0.2) is 65.8 Å². The van der Waals surface area contributed by atoms with Gasteiger partial charge in [0.05, 0.1) is 22.6 Å². The molecule has 2 aromatic carbocycles. The Morgan fingerprint density at radius 3 is 2.24 bits per heavy atom.